The van der Waals surface area contributed by atoms with Gasteiger partial charge in [0.05, 0.1) is 23.0 Å². The van der Waals surface area contributed by atoms with Crippen LogP contribution in [0.15, 0.2) is 24.4 Å². The highest BCUT2D eigenvalue weighted by atomic mass is 19.1. The quantitative estimate of drug-likeness (QED) is 0.383. The number of rotatable bonds is 6. The van der Waals surface area contributed by atoms with E-state index in [-0.39, 0.29) is 17.1 Å². The fraction of sp³-hybridized carbons (Fsp3) is 0.423. The number of hydrogen-bond donors (Lipinski definition) is 0. The van der Waals surface area contributed by atoms with Crippen molar-refractivity contribution >= 4 is 23.0 Å². The molecule has 8 nitrogen and oxygen atoms in total. The molecule has 0 spiro atoms. The van der Waals surface area contributed by atoms with Crippen LogP contribution in [0.3, 0.4) is 0 Å². The number of likely N-dealkylation sites (tertiary alicyclic amines) is 1. The number of nitrogens with zero attached hydrogens (tertiary/aromatic N) is 6. The number of fused-ring (bicyclic) bond motifs is 2. The smallest absolute Gasteiger partial charge is 0.298 e. The van der Waals surface area contributed by atoms with Gasteiger partial charge in [0, 0.05) is 17.0 Å². The molecule has 1 aliphatic carbocycles. The summed E-state index contributed by atoms with van der Waals surface area (Å²) in [4.78, 5) is 18.3. The molecular weight excluding hydrogens is 447 g/mol. The SMILES string of the molecule is CCN1CCC(c2nnc3cc(-c4cc(C5CC5)c5nc(C)cn5n4)cc(F)c3c2OC=O)CC1. The lowest BCUT2D eigenvalue weighted by Crippen LogP contribution is -2.33. The van der Waals surface area contributed by atoms with Gasteiger partial charge in [-0.25, -0.2) is 13.9 Å². The third-order valence-electron chi connectivity index (χ3n) is 7.27. The van der Waals surface area contributed by atoms with Crippen LogP contribution in [0.5, 0.6) is 5.75 Å². The molecule has 1 aliphatic heterocycles. The van der Waals surface area contributed by atoms with E-state index in [4.69, 9.17) is 9.84 Å². The van der Waals surface area contributed by atoms with Gasteiger partial charge >= 0.3 is 0 Å². The Labute approximate surface area is 202 Å². The van der Waals surface area contributed by atoms with Gasteiger partial charge in [-0.15, -0.1) is 5.10 Å². The number of aryl methyl sites for hydroxylation is 1. The van der Waals surface area contributed by atoms with Gasteiger partial charge in [-0.3, -0.25) is 4.79 Å². The normalized spacial score (nSPS) is 17.3. The van der Waals surface area contributed by atoms with Crippen molar-refractivity contribution in [3.63, 3.8) is 0 Å². The first kappa shape index (κ1) is 22.0. The summed E-state index contributed by atoms with van der Waals surface area (Å²) in [6, 6.07) is 5.22. The minimum Gasteiger partial charge on any atom is -0.426 e. The molecule has 2 aliphatic rings. The van der Waals surface area contributed by atoms with Crippen LogP contribution >= 0.6 is 0 Å². The van der Waals surface area contributed by atoms with Gasteiger partial charge in [-0.2, -0.15) is 10.2 Å². The van der Waals surface area contributed by atoms with Crippen LogP contribution in [0.4, 0.5) is 4.39 Å². The highest BCUT2D eigenvalue weighted by molar-refractivity contribution is 5.90. The van der Waals surface area contributed by atoms with E-state index in [0.717, 1.165) is 62.2 Å². The number of benzene rings is 1. The minimum absolute atomic E-state index is 0.0679. The molecule has 1 saturated heterocycles. The molecule has 0 unspecified atom stereocenters. The van der Waals surface area contributed by atoms with Crippen LogP contribution in [0, 0.1) is 12.7 Å². The predicted molar refractivity (Wildman–Crippen MR) is 129 cm³/mol. The molecule has 0 N–H and O–H groups in total. The van der Waals surface area contributed by atoms with E-state index in [2.05, 4.69) is 27.0 Å². The van der Waals surface area contributed by atoms with Crippen LogP contribution in [0.25, 0.3) is 27.8 Å². The van der Waals surface area contributed by atoms with Gasteiger partial charge in [0.1, 0.15) is 17.0 Å². The molecule has 0 radical (unpaired) electrons. The summed E-state index contributed by atoms with van der Waals surface area (Å²) >= 11 is 0. The first-order valence-electron chi connectivity index (χ1n) is 12.3. The molecular formula is C26H27FN6O2. The fourth-order valence-corrected chi connectivity index (χ4v) is 5.23. The molecule has 35 heavy (non-hydrogen) atoms. The lowest BCUT2D eigenvalue weighted by Gasteiger charge is -2.31. The maximum atomic E-state index is 15.7. The van der Waals surface area contributed by atoms with E-state index in [1.54, 1.807) is 10.6 Å². The molecule has 180 valence electrons. The first-order valence-corrected chi connectivity index (χ1v) is 12.3. The fourth-order valence-electron chi connectivity index (χ4n) is 5.23. The highest BCUT2D eigenvalue weighted by Gasteiger charge is 2.29. The molecule has 0 amide bonds. The Morgan fingerprint density at radius 1 is 1.11 bits per heavy atom. The second-order valence-corrected chi connectivity index (χ2v) is 9.60. The molecule has 3 aromatic heterocycles. The number of ether oxygens (including phenoxy) is 1. The van der Waals surface area contributed by atoms with Crippen LogP contribution < -0.4 is 4.74 Å². The van der Waals surface area contributed by atoms with Gasteiger partial charge < -0.3 is 9.64 Å². The summed E-state index contributed by atoms with van der Waals surface area (Å²) in [7, 11) is 0. The number of imidazole rings is 1. The molecule has 4 heterocycles. The number of carbonyl (C=O) groups excluding carboxylic acids is 1. The van der Waals surface area contributed by atoms with Crippen molar-refractivity contribution in [2.24, 2.45) is 0 Å². The number of carbonyl (C=O) groups is 1. The van der Waals surface area contributed by atoms with E-state index in [1.165, 1.54) is 6.07 Å². The van der Waals surface area contributed by atoms with E-state index in [0.29, 0.717) is 34.9 Å². The monoisotopic (exact) mass is 474 g/mol. The average molecular weight is 475 g/mol. The molecule has 2 fully saturated rings. The number of aromatic nitrogens is 5. The molecule has 9 heteroatoms. The van der Waals surface area contributed by atoms with Crippen LogP contribution in [0.2, 0.25) is 0 Å². The van der Waals surface area contributed by atoms with Crippen LogP contribution in [-0.4, -0.2) is 55.8 Å². The maximum Gasteiger partial charge on any atom is 0.298 e. The Kier molecular flexibility index (Phi) is 5.44. The molecule has 0 bridgehead atoms. The number of halogens is 1. The predicted octanol–water partition coefficient (Wildman–Crippen LogP) is 4.40. The van der Waals surface area contributed by atoms with E-state index < -0.39 is 5.82 Å². The maximum absolute atomic E-state index is 15.7. The van der Waals surface area contributed by atoms with Crippen molar-refractivity contribution in [2.75, 3.05) is 19.6 Å². The van der Waals surface area contributed by atoms with Crippen molar-refractivity contribution in [3.05, 3.63) is 47.2 Å². The summed E-state index contributed by atoms with van der Waals surface area (Å²) < 4.78 is 22.8. The van der Waals surface area contributed by atoms with Crippen molar-refractivity contribution < 1.29 is 13.9 Å². The Morgan fingerprint density at radius 2 is 1.91 bits per heavy atom. The Morgan fingerprint density at radius 3 is 2.63 bits per heavy atom. The summed E-state index contributed by atoms with van der Waals surface area (Å²) in [5, 5.41) is 13.7. The van der Waals surface area contributed by atoms with Gasteiger partial charge in [-0.05, 0) is 76.4 Å². The average Bonchev–Trinajstić information content (AvgIpc) is 3.64. The molecule has 4 aromatic rings. The topological polar surface area (TPSA) is 85.5 Å². The van der Waals surface area contributed by atoms with Crippen molar-refractivity contribution in [1.82, 2.24) is 29.7 Å². The third kappa shape index (κ3) is 3.93. The summed E-state index contributed by atoms with van der Waals surface area (Å²) in [5.41, 5.74) is 5.01. The lowest BCUT2D eigenvalue weighted by atomic mass is 9.91. The van der Waals surface area contributed by atoms with Crippen LogP contribution in [0.1, 0.15) is 61.4 Å². The van der Waals surface area contributed by atoms with Gasteiger partial charge in [0.15, 0.2) is 11.4 Å². The molecule has 1 aromatic carbocycles. The Balaban J connectivity index is 1.45. The van der Waals surface area contributed by atoms with Gasteiger partial charge in [0.25, 0.3) is 6.47 Å². The highest BCUT2D eigenvalue weighted by Crippen LogP contribution is 2.43. The second-order valence-electron chi connectivity index (χ2n) is 9.60. The second kappa shape index (κ2) is 8.64. The standard InChI is InChI=1S/C26H27FN6O2/c1-3-32-8-6-17(7-9-32)24-25(35-14-34)23-20(27)10-18(11-22(23)29-30-24)21-12-19(16-4-5-16)26-28-15(2)13-33(26)31-21/h10-14,16-17H,3-9H2,1-2H3. The van der Waals surface area contributed by atoms with E-state index >= 15 is 4.39 Å². The van der Waals surface area contributed by atoms with Crippen molar-refractivity contribution in [2.45, 2.75) is 51.4 Å². The van der Waals surface area contributed by atoms with E-state index in [9.17, 15) is 4.79 Å². The van der Waals surface area contributed by atoms with Gasteiger partial charge in [0.2, 0.25) is 0 Å². The number of hydrogen-bond acceptors (Lipinski definition) is 7. The Hall–Kier alpha value is -3.46. The van der Waals surface area contributed by atoms with Crippen molar-refractivity contribution in [1.29, 1.82) is 0 Å². The summed E-state index contributed by atoms with van der Waals surface area (Å²) in [6.45, 7) is 7.26. The molecule has 6 rings (SSSR count). The van der Waals surface area contributed by atoms with Gasteiger partial charge in [-0.1, -0.05) is 6.92 Å². The summed E-state index contributed by atoms with van der Waals surface area (Å²) in [5.74, 6) is 0.197. The largest absolute Gasteiger partial charge is 0.426 e. The lowest BCUT2D eigenvalue weighted by molar-refractivity contribution is -0.120. The van der Waals surface area contributed by atoms with E-state index in [1.807, 2.05) is 19.2 Å². The zero-order chi connectivity index (χ0) is 24.1. The molecule has 0 atom stereocenters. The zero-order valence-corrected chi connectivity index (χ0v) is 19.9. The summed E-state index contributed by atoms with van der Waals surface area (Å²) in [6.07, 6.45) is 5.85. The molecule has 1 saturated carbocycles. The third-order valence-corrected chi connectivity index (χ3v) is 7.27. The number of piperidine rings is 1. The first-order chi connectivity index (χ1) is 17.1. The van der Waals surface area contributed by atoms with Crippen molar-refractivity contribution in [3.8, 4) is 17.0 Å². The minimum atomic E-state index is -0.506. The Bertz CT molecular complexity index is 1440. The van der Waals surface area contributed by atoms with Crippen LogP contribution in [-0.2, 0) is 4.79 Å². The zero-order valence-electron chi connectivity index (χ0n) is 19.9.